The molecule has 0 aromatic heterocycles. The average molecular weight is 611 g/mol. The number of hydrogen-bond donors (Lipinski definition) is 0. The molecular weight excluding hydrogens is 545 g/mol. The summed E-state index contributed by atoms with van der Waals surface area (Å²) >= 11 is 0. The molecule has 0 atom stereocenters. The SMILES string of the molecule is CCCCCCCCCCCCCCCCSSSSSCCCCCCCCCCCCCCCC. The standard InChI is InChI=1S/C32H66S5/c1-3-5-7-9-11-13-15-17-19-21-23-25-27-29-31-33-35-37-36-34-32-30-28-26-24-22-20-18-16-14-12-10-8-6-4-2/h3-32H2,1-2H3. The lowest BCUT2D eigenvalue weighted by Crippen LogP contribution is -1.84. The first-order chi connectivity index (χ1) is 18.4. The Morgan fingerprint density at radius 1 is 0.243 bits per heavy atom. The van der Waals surface area contributed by atoms with Crippen LogP contribution < -0.4 is 0 Å². The average Bonchev–Trinajstić information content (AvgIpc) is 2.91. The van der Waals surface area contributed by atoms with Crippen LogP contribution in [0.4, 0.5) is 0 Å². The number of rotatable bonds is 34. The predicted molar refractivity (Wildman–Crippen MR) is 188 cm³/mol. The molecule has 0 rings (SSSR count). The summed E-state index contributed by atoms with van der Waals surface area (Å²) in [6.07, 6.45) is 40.8. The fourth-order valence-corrected chi connectivity index (χ4v) is 13.8. The van der Waals surface area contributed by atoms with Crippen LogP contribution in [-0.4, -0.2) is 11.5 Å². The highest BCUT2D eigenvalue weighted by Gasteiger charge is 1.98. The van der Waals surface area contributed by atoms with E-state index in [1.54, 1.807) is 0 Å². The Balaban J connectivity index is 3.00. The Kier molecular flexibility index (Phi) is 39.5. The molecule has 0 aliphatic heterocycles. The summed E-state index contributed by atoms with van der Waals surface area (Å²) in [6, 6.07) is 0. The summed E-state index contributed by atoms with van der Waals surface area (Å²) in [7, 11) is 10.1. The first-order valence-electron chi connectivity index (χ1n) is 16.7. The maximum absolute atomic E-state index is 2.30. The van der Waals surface area contributed by atoms with Crippen molar-refractivity contribution >= 4 is 51.1 Å². The molecule has 37 heavy (non-hydrogen) atoms. The third kappa shape index (κ3) is 37.8. The van der Waals surface area contributed by atoms with E-state index in [0.717, 1.165) is 0 Å². The van der Waals surface area contributed by atoms with Gasteiger partial charge < -0.3 is 0 Å². The van der Waals surface area contributed by atoms with Crippen LogP contribution in [0.3, 0.4) is 0 Å². The fourth-order valence-electron chi connectivity index (χ4n) is 4.83. The van der Waals surface area contributed by atoms with E-state index in [1.165, 1.54) is 191 Å². The van der Waals surface area contributed by atoms with Crippen LogP contribution >= 0.6 is 51.1 Å². The molecule has 0 amide bonds. The van der Waals surface area contributed by atoms with Gasteiger partial charge in [0.05, 0.1) is 0 Å². The van der Waals surface area contributed by atoms with Gasteiger partial charge in [0.15, 0.2) is 0 Å². The maximum Gasteiger partial charge on any atom is 0.00454 e. The van der Waals surface area contributed by atoms with E-state index < -0.39 is 0 Å². The molecule has 5 heteroatoms. The molecule has 0 aromatic rings. The van der Waals surface area contributed by atoms with E-state index in [2.05, 4.69) is 35.4 Å². The molecule has 0 N–H and O–H groups in total. The number of unbranched alkanes of at least 4 members (excludes halogenated alkanes) is 26. The Hall–Kier alpha value is 1.75. The molecule has 0 nitrogen and oxygen atoms in total. The minimum atomic E-state index is 1.33. The fraction of sp³-hybridized carbons (Fsp3) is 1.00. The van der Waals surface area contributed by atoms with Gasteiger partial charge in [-0.1, -0.05) is 202 Å². The van der Waals surface area contributed by atoms with Gasteiger partial charge in [0.25, 0.3) is 0 Å². The Bertz CT molecular complexity index is 346. The van der Waals surface area contributed by atoms with Crippen molar-refractivity contribution in [2.75, 3.05) is 11.5 Å². The van der Waals surface area contributed by atoms with Gasteiger partial charge in [-0.15, -0.1) is 0 Å². The van der Waals surface area contributed by atoms with E-state index in [1.807, 2.05) is 29.5 Å². The van der Waals surface area contributed by atoms with Gasteiger partial charge in [-0.05, 0) is 42.3 Å². The van der Waals surface area contributed by atoms with Gasteiger partial charge in [0, 0.05) is 11.5 Å². The third-order valence-electron chi connectivity index (χ3n) is 7.31. The van der Waals surface area contributed by atoms with Gasteiger partial charge in [-0.2, -0.15) is 0 Å². The summed E-state index contributed by atoms with van der Waals surface area (Å²) in [5.41, 5.74) is 0. The van der Waals surface area contributed by atoms with Gasteiger partial charge >= 0.3 is 0 Å². The second kappa shape index (κ2) is 37.8. The van der Waals surface area contributed by atoms with Crippen LogP contribution in [0.25, 0.3) is 0 Å². The van der Waals surface area contributed by atoms with Crippen molar-refractivity contribution in [3.05, 3.63) is 0 Å². The monoisotopic (exact) mass is 610 g/mol. The lowest BCUT2D eigenvalue weighted by atomic mass is 10.0. The second-order valence-electron chi connectivity index (χ2n) is 11.0. The minimum absolute atomic E-state index is 1.33. The van der Waals surface area contributed by atoms with E-state index in [-0.39, 0.29) is 0 Å². The van der Waals surface area contributed by atoms with Crippen molar-refractivity contribution in [3.63, 3.8) is 0 Å². The highest BCUT2D eigenvalue weighted by Crippen LogP contribution is 2.48. The van der Waals surface area contributed by atoms with Crippen LogP contribution in [0, 0.1) is 0 Å². The van der Waals surface area contributed by atoms with Crippen LogP contribution in [-0.2, 0) is 0 Å². The zero-order chi connectivity index (χ0) is 26.7. The van der Waals surface area contributed by atoms with Crippen molar-refractivity contribution in [2.45, 2.75) is 194 Å². The van der Waals surface area contributed by atoms with Crippen molar-refractivity contribution in [2.24, 2.45) is 0 Å². The van der Waals surface area contributed by atoms with Crippen LogP contribution in [0.1, 0.15) is 194 Å². The topological polar surface area (TPSA) is 0 Å². The minimum Gasteiger partial charge on any atom is -0.0817 e. The molecular formula is C32H66S5. The molecule has 0 aliphatic rings. The molecule has 224 valence electrons. The smallest absolute Gasteiger partial charge is 0.00454 e. The normalized spacial score (nSPS) is 11.5. The third-order valence-corrected chi connectivity index (χ3v) is 16.2. The van der Waals surface area contributed by atoms with Gasteiger partial charge in [-0.3, -0.25) is 0 Å². The Labute approximate surface area is 254 Å². The Morgan fingerprint density at radius 3 is 0.703 bits per heavy atom. The van der Waals surface area contributed by atoms with Gasteiger partial charge in [0.1, 0.15) is 0 Å². The number of hydrogen-bond acceptors (Lipinski definition) is 5. The second-order valence-corrected chi connectivity index (χ2v) is 19.0. The maximum atomic E-state index is 2.30. The van der Waals surface area contributed by atoms with E-state index in [9.17, 15) is 0 Å². The molecule has 0 aromatic carbocycles. The summed E-state index contributed by atoms with van der Waals surface area (Å²) in [4.78, 5) is 0. The van der Waals surface area contributed by atoms with Crippen LogP contribution in [0.15, 0.2) is 0 Å². The summed E-state index contributed by atoms with van der Waals surface area (Å²) in [5, 5.41) is 0. The molecule has 0 unspecified atom stereocenters. The lowest BCUT2D eigenvalue weighted by Gasteiger charge is -2.04. The van der Waals surface area contributed by atoms with E-state index >= 15 is 0 Å². The van der Waals surface area contributed by atoms with Crippen molar-refractivity contribution in [1.82, 2.24) is 0 Å². The molecule has 0 saturated carbocycles. The molecule has 0 radical (unpaired) electrons. The predicted octanol–water partition coefficient (Wildman–Crippen LogP) is 15.3. The zero-order valence-corrected chi connectivity index (χ0v) is 29.3. The summed E-state index contributed by atoms with van der Waals surface area (Å²) < 4.78 is 0. The highest BCUT2D eigenvalue weighted by molar-refractivity contribution is 9.35. The summed E-state index contributed by atoms with van der Waals surface area (Å²) in [6.45, 7) is 4.61. The van der Waals surface area contributed by atoms with Crippen LogP contribution in [0.5, 0.6) is 0 Å². The van der Waals surface area contributed by atoms with Gasteiger partial charge in [0.2, 0.25) is 0 Å². The zero-order valence-electron chi connectivity index (χ0n) is 25.3. The van der Waals surface area contributed by atoms with Crippen molar-refractivity contribution < 1.29 is 0 Å². The summed E-state index contributed by atoms with van der Waals surface area (Å²) in [5.74, 6) is 2.67. The molecule has 0 bridgehead atoms. The van der Waals surface area contributed by atoms with Gasteiger partial charge in [-0.25, -0.2) is 0 Å². The first-order valence-corrected chi connectivity index (χ1v) is 23.1. The molecule has 0 aliphatic carbocycles. The van der Waals surface area contributed by atoms with Crippen LogP contribution in [0.2, 0.25) is 0 Å². The van der Waals surface area contributed by atoms with E-state index in [0.29, 0.717) is 0 Å². The van der Waals surface area contributed by atoms with E-state index in [4.69, 9.17) is 0 Å². The largest absolute Gasteiger partial charge is 0.0817 e. The Morgan fingerprint density at radius 2 is 0.459 bits per heavy atom. The quantitative estimate of drug-likeness (QED) is 0.0523. The molecule has 0 fully saturated rings. The molecule has 0 heterocycles. The highest BCUT2D eigenvalue weighted by atomic mass is 33.8. The molecule has 0 saturated heterocycles. The molecule has 0 spiro atoms. The van der Waals surface area contributed by atoms with Crippen molar-refractivity contribution in [3.8, 4) is 0 Å². The first kappa shape index (κ1) is 38.8. The lowest BCUT2D eigenvalue weighted by molar-refractivity contribution is 0.538. The van der Waals surface area contributed by atoms with Crippen molar-refractivity contribution in [1.29, 1.82) is 0 Å².